The van der Waals surface area contributed by atoms with Crippen molar-refractivity contribution < 1.29 is 25.5 Å². The Morgan fingerprint density at radius 2 is 1.86 bits per heavy atom. The highest BCUT2D eigenvalue weighted by Crippen LogP contribution is 2.32. The van der Waals surface area contributed by atoms with Gasteiger partial charge in [-0.3, -0.25) is 4.98 Å². The molecule has 14 heavy (non-hydrogen) atoms. The largest absolute Gasteiger partial charge is 0.434 e. The molecule has 0 saturated carbocycles. The first-order chi connectivity index (χ1) is 6.23. The average Bonchev–Trinajstić information content (AvgIpc) is 2.01. The maximum absolute atomic E-state index is 12.3. The maximum Gasteiger partial charge on any atom is 0.434 e. The molecular formula is C6H3F4NO2S. The lowest BCUT2D eigenvalue weighted by atomic mass is 10.3. The number of hydrogen-bond donors (Lipinski definition) is 0. The Hall–Kier alpha value is -1.18. The molecule has 0 amide bonds. The van der Waals surface area contributed by atoms with Crippen molar-refractivity contribution in [2.45, 2.75) is 11.1 Å². The van der Waals surface area contributed by atoms with E-state index in [-0.39, 0.29) is 0 Å². The first-order valence-corrected chi connectivity index (χ1v) is 4.58. The van der Waals surface area contributed by atoms with Crippen LogP contribution in [0.4, 0.5) is 17.1 Å². The van der Waals surface area contributed by atoms with Crippen molar-refractivity contribution in [3.8, 4) is 0 Å². The highest BCUT2D eigenvalue weighted by molar-refractivity contribution is 7.86. The predicted octanol–water partition coefficient (Wildman–Crippen LogP) is 1.76. The standard InChI is InChI=1S/C6H3F4NO2S/c7-6(8,9)5-4(14(10,12)13)2-1-3-11-5/h1-3H. The maximum atomic E-state index is 12.3. The summed E-state index contributed by atoms with van der Waals surface area (Å²) in [6, 6.07) is 1.41. The van der Waals surface area contributed by atoms with Crippen molar-refractivity contribution in [3.05, 3.63) is 24.0 Å². The summed E-state index contributed by atoms with van der Waals surface area (Å²) in [5.74, 6) is 0. The van der Waals surface area contributed by atoms with Crippen molar-refractivity contribution in [1.82, 2.24) is 4.98 Å². The van der Waals surface area contributed by atoms with Crippen LogP contribution in [-0.2, 0) is 16.4 Å². The SMILES string of the molecule is O=S(=O)(F)c1cccnc1C(F)(F)F. The molecule has 0 spiro atoms. The third-order valence-electron chi connectivity index (χ3n) is 1.30. The van der Waals surface area contributed by atoms with Crippen LogP contribution in [0.25, 0.3) is 0 Å². The van der Waals surface area contributed by atoms with Gasteiger partial charge in [0.25, 0.3) is 0 Å². The van der Waals surface area contributed by atoms with E-state index < -0.39 is 27.0 Å². The molecule has 0 fully saturated rings. The first-order valence-electron chi connectivity index (χ1n) is 3.20. The molecule has 1 rings (SSSR count). The van der Waals surface area contributed by atoms with Crippen LogP contribution in [0.5, 0.6) is 0 Å². The number of hydrogen-bond acceptors (Lipinski definition) is 3. The van der Waals surface area contributed by atoms with Gasteiger partial charge in [0.2, 0.25) is 0 Å². The van der Waals surface area contributed by atoms with Gasteiger partial charge in [-0.1, -0.05) is 0 Å². The zero-order valence-electron chi connectivity index (χ0n) is 6.42. The normalized spacial score (nSPS) is 12.9. The minimum atomic E-state index is -5.40. The highest BCUT2D eigenvalue weighted by atomic mass is 32.3. The van der Waals surface area contributed by atoms with E-state index in [2.05, 4.69) is 4.98 Å². The lowest BCUT2D eigenvalue weighted by molar-refractivity contribution is -0.143. The molecule has 78 valence electrons. The zero-order valence-corrected chi connectivity index (χ0v) is 7.23. The summed E-state index contributed by atoms with van der Waals surface area (Å²) in [5.41, 5.74) is -1.75. The molecule has 0 N–H and O–H groups in total. The highest BCUT2D eigenvalue weighted by Gasteiger charge is 2.38. The van der Waals surface area contributed by atoms with Gasteiger partial charge in [-0.25, -0.2) is 0 Å². The molecule has 0 aliphatic carbocycles. The van der Waals surface area contributed by atoms with Crippen molar-refractivity contribution >= 4 is 10.2 Å². The van der Waals surface area contributed by atoms with Crippen LogP contribution in [-0.4, -0.2) is 13.4 Å². The summed E-state index contributed by atoms with van der Waals surface area (Å²) < 4.78 is 69.2. The van der Waals surface area contributed by atoms with Gasteiger partial charge in [-0.05, 0) is 12.1 Å². The second-order valence-electron chi connectivity index (χ2n) is 2.29. The van der Waals surface area contributed by atoms with Gasteiger partial charge >= 0.3 is 16.4 Å². The van der Waals surface area contributed by atoms with Crippen molar-refractivity contribution in [2.75, 3.05) is 0 Å². The number of halogens is 4. The van der Waals surface area contributed by atoms with Gasteiger partial charge in [0.15, 0.2) is 5.69 Å². The van der Waals surface area contributed by atoms with Gasteiger partial charge in [-0.2, -0.15) is 21.6 Å². The lowest BCUT2D eigenvalue weighted by Gasteiger charge is -2.07. The van der Waals surface area contributed by atoms with Gasteiger partial charge < -0.3 is 0 Å². The fourth-order valence-electron chi connectivity index (χ4n) is 0.800. The Morgan fingerprint density at radius 3 is 2.21 bits per heavy atom. The monoisotopic (exact) mass is 229 g/mol. The van der Waals surface area contributed by atoms with E-state index in [9.17, 15) is 25.5 Å². The third kappa shape index (κ3) is 2.19. The van der Waals surface area contributed by atoms with Gasteiger partial charge in [0.1, 0.15) is 4.90 Å². The van der Waals surface area contributed by atoms with Crippen molar-refractivity contribution in [1.29, 1.82) is 0 Å². The zero-order chi connectivity index (χ0) is 11.0. The molecule has 0 radical (unpaired) electrons. The number of rotatable bonds is 1. The van der Waals surface area contributed by atoms with Gasteiger partial charge in [0, 0.05) is 6.20 Å². The summed E-state index contributed by atoms with van der Waals surface area (Å²) >= 11 is 0. The molecular weight excluding hydrogens is 226 g/mol. The van der Waals surface area contributed by atoms with Crippen LogP contribution in [0.15, 0.2) is 23.2 Å². The van der Waals surface area contributed by atoms with Crippen molar-refractivity contribution in [2.24, 2.45) is 0 Å². The molecule has 0 saturated heterocycles. The van der Waals surface area contributed by atoms with Crippen molar-refractivity contribution in [3.63, 3.8) is 0 Å². The van der Waals surface area contributed by atoms with E-state index in [1.54, 1.807) is 0 Å². The number of pyridine rings is 1. The lowest BCUT2D eigenvalue weighted by Crippen LogP contribution is -2.13. The molecule has 8 heteroatoms. The van der Waals surface area contributed by atoms with Gasteiger partial charge in [-0.15, -0.1) is 3.89 Å². The molecule has 0 aromatic carbocycles. The quantitative estimate of drug-likeness (QED) is 0.544. The fraction of sp³-hybridized carbons (Fsp3) is 0.167. The Labute approximate surface area is 76.6 Å². The molecule has 0 unspecified atom stereocenters. The molecule has 0 aliphatic heterocycles. The van der Waals surface area contributed by atoms with Crippen LogP contribution >= 0.6 is 0 Å². The Bertz CT molecular complexity index is 439. The molecule has 0 atom stereocenters. The smallest absolute Gasteiger partial charge is 0.250 e. The minimum Gasteiger partial charge on any atom is -0.250 e. The summed E-state index contributed by atoms with van der Waals surface area (Å²) in [5, 5.41) is 0. The third-order valence-corrected chi connectivity index (χ3v) is 2.16. The summed E-state index contributed by atoms with van der Waals surface area (Å²) in [6.45, 7) is 0. The molecule has 3 nitrogen and oxygen atoms in total. The fourth-order valence-corrected chi connectivity index (χ4v) is 1.44. The topological polar surface area (TPSA) is 47.0 Å². The molecule has 1 aromatic heterocycles. The van der Waals surface area contributed by atoms with Crippen LogP contribution in [0.1, 0.15) is 5.69 Å². The summed E-state index contributed by atoms with van der Waals surface area (Å²) in [4.78, 5) is 1.31. The number of alkyl halides is 3. The number of nitrogens with zero attached hydrogens (tertiary/aromatic N) is 1. The second-order valence-corrected chi connectivity index (χ2v) is 3.60. The first kappa shape index (κ1) is 10.9. The predicted molar refractivity (Wildman–Crippen MR) is 37.5 cm³/mol. The van der Waals surface area contributed by atoms with E-state index in [0.29, 0.717) is 6.07 Å². The number of aromatic nitrogens is 1. The average molecular weight is 229 g/mol. The molecule has 1 aromatic rings. The Balaban J connectivity index is 3.47. The second kappa shape index (κ2) is 3.19. The summed E-state index contributed by atoms with van der Waals surface area (Å²) in [7, 11) is -5.40. The van der Waals surface area contributed by atoms with Crippen LogP contribution in [0.2, 0.25) is 0 Å². The van der Waals surface area contributed by atoms with Crippen LogP contribution < -0.4 is 0 Å². The van der Waals surface area contributed by atoms with E-state index in [1.165, 1.54) is 0 Å². The van der Waals surface area contributed by atoms with E-state index in [1.807, 2.05) is 0 Å². The minimum absolute atomic E-state index is 0.505. The molecule has 0 bridgehead atoms. The summed E-state index contributed by atoms with van der Waals surface area (Å²) in [6.07, 6.45) is -4.26. The van der Waals surface area contributed by atoms with E-state index in [4.69, 9.17) is 0 Å². The Morgan fingerprint density at radius 1 is 1.29 bits per heavy atom. The molecule has 1 heterocycles. The Kier molecular flexibility index (Phi) is 2.49. The van der Waals surface area contributed by atoms with Crippen LogP contribution in [0.3, 0.4) is 0 Å². The molecule has 0 aliphatic rings. The van der Waals surface area contributed by atoms with E-state index >= 15 is 0 Å². The van der Waals surface area contributed by atoms with Crippen LogP contribution in [0, 0.1) is 0 Å². The van der Waals surface area contributed by atoms with Gasteiger partial charge in [0.05, 0.1) is 0 Å². The van der Waals surface area contributed by atoms with E-state index in [0.717, 1.165) is 12.3 Å².